The number of hydrogen-bond acceptors (Lipinski definition) is 3. The number of rotatable bonds is 4. The van der Waals surface area contributed by atoms with E-state index < -0.39 is 11.6 Å². The van der Waals surface area contributed by atoms with Gasteiger partial charge in [-0.1, -0.05) is 18.2 Å². The first-order valence-corrected chi connectivity index (χ1v) is 6.76. The second-order valence-corrected chi connectivity index (χ2v) is 4.79. The van der Waals surface area contributed by atoms with Gasteiger partial charge < -0.3 is 14.8 Å². The molecule has 0 spiro atoms. The van der Waals surface area contributed by atoms with Gasteiger partial charge in [0, 0.05) is 18.7 Å². The molecule has 0 atom stereocenters. The summed E-state index contributed by atoms with van der Waals surface area (Å²) in [6.45, 7) is 1.90. The molecule has 0 saturated heterocycles. The third-order valence-corrected chi connectivity index (χ3v) is 3.28. The van der Waals surface area contributed by atoms with E-state index in [1.165, 1.54) is 6.07 Å². The Bertz CT molecular complexity index is 646. The van der Waals surface area contributed by atoms with Crippen molar-refractivity contribution in [2.24, 2.45) is 0 Å². The van der Waals surface area contributed by atoms with E-state index in [-0.39, 0.29) is 6.54 Å². The molecule has 21 heavy (non-hydrogen) atoms. The fourth-order valence-electron chi connectivity index (χ4n) is 2.22. The zero-order valence-corrected chi connectivity index (χ0v) is 11.4. The number of halogens is 2. The molecule has 0 fully saturated rings. The summed E-state index contributed by atoms with van der Waals surface area (Å²) in [5, 5.41) is 3.09. The highest BCUT2D eigenvalue weighted by Crippen LogP contribution is 2.30. The molecule has 1 aliphatic rings. The molecule has 0 radical (unpaired) electrons. The molecular formula is C16H15F2NO2. The number of benzene rings is 2. The molecule has 0 amide bonds. The van der Waals surface area contributed by atoms with Gasteiger partial charge in [0.25, 0.3) is 0 Å². The van der Waals surface area contributed by atoms with Crippen LogP contribution in [0.4, 0.5) is 8.78 Å². The van der Waals surface area contributed by atoms with Gasteiger partial charge in [0.1, 0.15) is 13.2 Å². The molecule has 1 N–H and O–H groups in total. The minimum Gasteiger partial charge on any atom is -0.486 e. The number of hydrogen-bond donors (Lipinski definition) is 1. The normalized spacial score (nSPS) is 13.2. The summed E-state index contributed by atoms with van der Waals surface area (Å²) in [5.74, 6) is -0.167. The average Bonchev–Trinajstić information content (AvgIpc) is 2.51. The molecule has 3 nitrogen and oxygen atoms in total. The number of nitrogens with one attached hydrogen (secondary N) is 1. The Labute approximate surface area is 121 Å². The van der Waals surface area contributed by atoms with Crippen molar-refractivity contribution in [1.82, 2.24) is 5.32 Å². The molecule has 0 aliphatic carbocycles. The molecular weight excluding hydrogens is 276 g/mol. The highest BCUT2D eigenvalue weighted by atomic mass is 19.2. The van der Waals surface area contributed by atoms with E-state index in [0.717, 1.165) is 23.1 Å². The van der Waals surface area contributed by atoms with Crippen molar-refractivity contribution in [2.45, 2.75) is 13.1 Å². The lowest BCUT2D eigenvalue weighted by Crippen LogP contribution is -2.17. The van der Waals surface area contributed by atoms with E-state index in [2.05, 4.69) is 5.32 Å². The lowest BCUT2D eigenvalue weighted by Gasteiger charge is -2.19. The summed E-state index contributed by atoms with van der Waals surface area (Å²) in [6, 6.07) is 9.84. The van der Waals surface area contributed by atoms with Gasteiger partial charge in [0.05, 0.1) is 0 Å². The van der Waals surface area contributed by atoms with Gasteiger partial charge in [0.15, 0.2) is 23.1 Å². The topological polar surface area (TPSA) is 30.5 Å². The van der Waals surface area contributed by atoms with Gasteiger partial charge in [-0.2, -0.15) is 0 Å². The maximum Gasteiger partial charge on any atom is 0.163 e. The highest BCUT2D eigenvalue weighted by molar-refractivity contribution is 5.43. The van der Waals surface area contributed by atoms with Crippen LogP contribution in [0, 0.1) is 11.6 Å². The molecule has 1 heterocycles. The Balaban J connectivity index is 1.61. The zero-order valence-electron chi connectivity index (χ0n) is 11.4. The van der Waals surface area contributed by atoms with Crippen LogP contribution in [0.5, 0.6) is 11.5 Å². The second kappa shape index (κ2) is 6.10. The van der Waals surface area contributed by atoms with Crippen LogP contribution in [-0.4, -0.2) is 13.2 Å². The Morgan fingerprint density at radius 3 is 2.62 bits per heavy atom. The Morgan fingerprint density at radius 2 is 1.76 bits per heavy atom. The molecule has 0 bridgehead atoms. The van der Waals surface area contributed by atoms with Crippen LogP contribution in [0.25, 0.3) is 0 Å². The summed E-state index contributed by atoms with van der Waals surface area (Å²) in [7, 11) is 0. The standard InChI is InChI=1S/C16H15F2NO2/c17-13-3-1-2-12(16(13)18)10-19-9-11-4-5-14-15(8-11)21-7-6-20-14/h1-5,8,19H,6-7,9-10H2. The zero-order chi connectivity index (χ0) is 14.7. The van der Waals surface area contributed by atoms with Crippen LogP contribution in [0.1, 0.15) is 11.1 Å². The summed E-state index contributed by atoms with van der Waals surface area (Å²) in [6.07, 6.45) is 0. The van der Waals surface area contributed by atoms with Crippen molar-refractivity contribution in [3.05, 3.63) is 59.2 Å². The van der Waals surface area contributed by atoms with Crippen molar-refractivity contribution in [1.29, 1.82) is 0 Å². The predicted octanol–water partition coefficient (Wildman–Crippen LogP) is 3.03. The molecule has 0 unspecified atom stereocenters. The van der Waals surface area contributed by atoms with Gasteiger partial charge in [0.2, 0.25) is 0 Å². The quantitative estimate of drug-likeness (QED) is 0.939. The molecule has 2 aromatic carbocycles. The Morgan fingerprint density at radius 1 is 0.952 bits per heavy atom. The van der Waals surface area contributed by atoms with Gasteiger partial charge >= 0.3 is 0 Å². The summed E-state index contributed by atoms with van der Waals surface area (Å²) in [4.78, 5) is 0. The van der Waals surface area contributed by atoms with Crippen molar-refractivity contribution in [2.75, 3.05) is 13.2 Å². The molecule has 5 heteroatoms. The first-order valence-electron chi connectivity index (χ1n) is 6.76. The van der Waals surface area contributed by atoms with Crippen molar-refractivity contribution in [3.63, 3.8) is 0 Å². The van der Waals surface area contributed by atoms with E-state index in [0.29, 0.717) is 25.3 Å². The monoisotopic (exact) mass is 291 g/mol. The van der Waals surface area contributed by atoms with Crippen LogP contribution < -0.4 is 14.8 Å². The second-order valence-electron chi connectivity index (χ2n) is 4.79. The summed E-state index contributed by atoms with van der Waals surface area (Å²) >= 11 is 0. The summed E-state index contributed by atoms with van der Waals surface area (Å²) in [5.41, 5.74) is 1.31. The fourth-order valence-corrected chi connectivity index (χ4v) is 2.22. The van der Waals surface area contributed by atoms with Crippen molar-refractivity contribution < 1.29 is 18.3 Å². The lowest BCUT2D eigenvalue weighted by molar-refractivity contribution is 0.171. The van der Waals surface area contributed by atoms with Crippen molar-refractivity contribution in [3.8, 4) is 11.5 Å². The molecule has 1 aliphatic heterocycles. The molecule has 0 saturated carbocycles. The Hall–Kier alpha value is -2.14. The average molecular weight is 291 g/mol. The molecule has 3 rings (SSSR count). The molecule has 2 aromatic rings. The Kier molecular flexibility index (Phi) is 4.01. The predicted molar refractivity (Wildman–Crippen MR) is 74.3 cm³/mol. The fraction of sp³-hybridized carbons (Fsp3) is 0.250. The lowest BCUT2D eigenvalue weighted by atomic mass is 10.1. The van der Waals surface area contributed by atoms with Gasteiger partial charge in [-0.15, -0.1) is 0 Å². The van der Waals surface area contributed by atoms with Crippen LogP contribution in [0.15, 0.2) is 36.4 Å². The van der Waals surface area contributed by atoms with Crippen molar-refractivity contribution >= 4 is 0 Å². The highest BCUT2D eigenvalue weighted by Gasteiger charge is 2.12. The van der Waals surface area contributed by atoms with Gasteiger partial charge in [-0.05, 0) is 23.8 Å². The third kappa shape index (κ3) is 3.13. The maximum atomic E-state index is 13.5. The SMILES string of the molecule is Fc1cccc(CNCc2ccc3c(c2)OCCO3)c1F. The van der Waals surface area contributed by atoms with E-state index in [4.69, 9.17) is 9.47 Å². The van der Waals surface area contributed by atoms with Crippen LogP contribution in [0.2, 0.25) is 0 Å². The number of ether oxygens (including phenoxy) is 2. The van der Waals surface area contributed by atoms with Gasteiger partial charge in [-0.25, -0.2) is 8.78 Å². The molecule has 0 aromatic heterocycles. The minimum atomic E-state index is -0.825. The van der Waals surface area contributed by atoms with E-state index in [9.17, 15) is 8.78 Å². The number of fused-ring (bicyclic) bond motifs is 1. The van der Waals surface area contributed by atoms with Gasteiger partial charge in [-0.3, -0.25) is 0 Å². The van der Waals surface area contributed by atoms with Crippen LogP contribution >= 0.6 is 0 Å². The van der Waals surface area contributed by atoms with E-state index in [1.54, 1.807) is 6.07 Å². The maximum absolute atomic E-state index is 13.5. The third-order valence-electron chi connectivity index (χ3n) is 3.28. The molecule has 110 valence electrons. The minimum absolute atomic E-state index is 0.262. The van der Waals surface area contributed by atoms with Crippen LogP contribution in [-0.2, 0) is 13.1 Å². The first kappa shape index (κ1) is 13.8. The smallest absolute Gasteiger partial charge is 0.163 e. The largest absolute Gasteiger partial charge is 0.486 e. The van der Waals surface area contributed by atoms with E-state index >= 15 is 0 Å². The van der Waals surface area contributed by atoms with E-state index in [1.807, 2.05) is 18.2 Å². The van der Waals surface area contributed by atoms with Crippen LogP contribution in [0.3, 0.4) is 0 Å². The summed E-state index contributed by atoms with van der Waals surface area (Å²) < 4.78 is 37.5. The first-order chi connectivity index (χ1) is 10.2.